The molecular weight excluding hydrogens is 188 g/mol. The van der Waals surface area contributed by atoms with Gasteiger partial charge in [0.05, 0.1) is 5.60 Å². The molecule has 2 rings (SSSR count). The molecule has 15 heavy (non-hydrogen) atoms. The van der Waals surface area contributed by atoms with E-state index in [1.165, 1.54) is 25.7 Å². The molecule has 0 radical (unpaired) electrons. The highest BCUT2D eigenvalue weighted by molar-refractivity contribution is 4.93. The van der Waals surface area contributed by atoms with Crippen LogP contribution < -0.4 is 5.73 Å². The number of nitrogens with zero attached hydrogens (tertiary/aromatic N) is 1. The smallest absolute Gasteiger partial charge is 0.0758 e. The maximum absolute atomic E-state index is 9.98. The highest BCUT2D eigenvalue weighted by Crippen LogP contribution is 2.32. The van der Waals surface area contributed by atoms with Crippen LogP contribution in [0.5, 0.6) is 0 Å². The lowest BCUT2D eigenvalue weighted by atomic mass is 9.83. The van der Waals surface area contributed by atoms with Crippen molar-refractivity contribution in [1.29, 1.82) is 0 Å². The van der Waals surface area contributed by atoms with E-state index in [2.05, 4.69) is 4.90 Å². The van der Waals surface area contributed by atoms with E-state index in [1.807, 2.05) is 6.92 Å². The van der Waals surface area contributed by atoms with Crippen molar-refractivity contribution < 1.29 is 5.11 Å². The average molecular weight is 212 g/mol. The SMILES string of the molecule is CC1(O)CCN(C2CCCCC2CN)C1. The Kier molecular flexibility index (Phi) is 3.33. The summed E-state index contributed by atoms with van der Waals surface area (Å²) in [4.78, 5) is 2.47. The fourth-order valence-corrected chi connectivity index (χ4v) is 3.21. The first-order valence-electron chi connectivity index (χ1n) is 6.29. The lowest BCUT2D eigenvalue weighted by Gasteiger charge is -2.37. The van der Waals surface area contributed by atoms with Crippen molar-refractivity contribution >= 4 is 0 Å². The zero-order chi connectivity index (χ0) is 10.9. The van der Waals surface area contributed by atoms with Crippen LogP contribution in [0.3, 0.4) is 0 Å². The Morgan fingerprint density at radius 2 is 2.13 bits per heavy atom. The lowest BCUT2D eigenvalue weighted by Crippen LogP contribution is -2.45. The molecule has 3 heteroatoms. The van der Waals surface area contributed by atoms with Crippen LogP contribution in [0.25, 0.3) is 0 Å². The Labute approximate surface area is 92.6 Å². The number of nitrogens with two attached hydrogens (primary N) is 1. The second-order valence-corrected chi connectivity index (χ2v) is 5.57. The topological polar surface area (TPSA) is 49.5 Å². The number of aliphatic hydroxyl groups is 1. The van der Waals surface area contributed by atoms with Gasteiger partial charge >= 0.3 is 0 Å². The summed E-state index contributed by atoms with van der Waals surface area (Å²) in [6.07, 6.45) is 6.14. The van der Waals surface area contributed by atoms with Gasteiger partial charge in [-0.25, -0.2) is 0 Å². The summed E-state index contributed by atoms with van der Waals surface area (Å²) in [7, 11) is 0. The summed E-state index contributed by atoms with van der Waals surface area (Å²) in [6.45, 7) is 4.65. The Morgan fingerprint density at radius 1 is 1.40 bits per heavy atom. The van der Waals surface area contributed by atoms with E-state index in [0.29, 0.717) is 12.0 Å². The fraction of sp³-hybridized carbons (Fsp3) is 1.00. The van der Waals surface area contributed by atoms with Crippen molar-refractivity contribution in [3.8, 4) is 0 Å². The molecule has 0 aromatic rings. The lowest BCUT2D eigenvalue weighted by molar-refractivity contribution is 0.0491. The standard InChI is InChI=1S/C12H24N2O/c1-12(15)6-7-14(9-12)11-5-3-2-4-10(11)8-13/h10-11,15H,2-9,13H2,1H3. The van der Waals surface area contributed by atoms with Crippen LogP contribution in [0.4, 0.5) is 0 Å². The van der Waals surface area contributed by atoms with Crippen molar-refractivity contribution in [2.24, 2.45) is 11.7 Å². The van der Waals surface area contributed by atoms with Crippen molar-refractivity contribution in [2.75, 3.05) is 19.6 Å². The summed E-state index contributed by atoms with van der Waals surface area (Å²) in [5, 5.41) is 9.98. The highest BCUT2D eigenvalue weighted by Gasteiger charge is 2.38. The van der Waals surface area contributed by atoms with Gasteiger partial charge in [0.1, 0.15) is 0 Å². The molecular formula is C12H24N2O. The largest absolute Gasteiger partial charge is 0.389 e. The minimum atomic E-state index is -0.462. The second kappa shape index (κ2) is 4.40. The van der Waals surface area contributed by atoms with E-state index >= 15 is 0 Å². The van der Waals surface area contributed by atoms with E-state index < -0.39 is 5.60 Å². The van der Waals surface area contributed by atoms with Crippen LogP contribution in [0.2, 0.25) is 0 Å². The van der Waals surface area contributed by atoms with Crippen LogP contribution in [0.15, 0.2) is 0 Å². The number of hydrogen-bond acceptors (Lipinski definition) is 3. The molecule has 3 N–H and O–H groups in total. The molecule has 1 aliphatic heterocycles. The Hall–Kier alpha value is -0.120. The molecule has 3 unspecified atom stereocenters. The minimum Gasteiger partial charge on any atom is -0.389 e. The molecule has 0 aromatic heterocycles. The van der Waals surface area contributed by atoms with Gasteiger partial charge in [-0.05, 0) is 38.6 Å². The number of hydrogen-bond donors (Lipinski definition) is 2. The fourth-order valence-electron chi connectivity index (χ4n) is 3.21. The molecule has 0 aromatic carbocycles. The second-order valence-electron chi connectivity index (χ2n) is 5.57. The van der Waals surface area contributed by atoms with E-state index in [9.17, 15) is 5.11 Å². The van der Waals surface area contributed by atoms with Crippen LogP contribution in [0.1, 0.15) is 39.0 Å². The number of rotatable bonds is 2. The van der Waals surface area contributed by atoms with Gasteiger partial charge in [-0.3, -0.25) is 4.90 Å². The summed E-state index contributed by atoms with van der Waals surface area (Å²) >= 11 is 0. The van der Waals surface area contributed by atoms with E-state index in [0.717, 1.165) is 26.1 Å². The third-order valence-corrected chi connectivity index (χ3v) is 4.12. The van der Waals surface area contributed by atoms with E-state index in [1.54, 1.807) is 0 Å². The van der Waals surface area contributed by atoms with Gasteiger partial charge in [-0.1, -0.05) is 12.8 Å². The Balaban J connectivity index is 1.97. The molecule has 2 aliphatic rings. The summed E-state index contributed by atoms with van der Waals surface area (Å²) < 4.78 is 0. The van der Waals surface area contributed by atoms with Crippen LogP contribution >= 0.6 is 0 Å². The van der Waals surface area contributed by atoms with Gasteiger partial charge in [0.25, 0.3) is 0 Å². The first-order chi connectivity index (χ1) is 7.12. The molecule has 3 atom stereocenters. The first kappa shape index (κ1) is 11.4. The molecule has 1 aliphatic carbocycles. The maximum Gasteiger partial charge on any atom is 0.0758 e. The summed E-state index contributed by atoms with van der Waals surface area (Å²) in [6, 6.07) is 0.637. The molecule has 0 amide bonds. The molecule has 1 heterocycles. The van der Waals surface area contributed by atoms with Crippen molar-refractivity contribution in [3.63, 3.8) is 0 Å². The number of β-amino-alcohol motifs (C(OH)–C–C–N with tert-alkyl or cyclic N) is 1. The average Bonchev–Trinajstić information content (AvgIpc) is 2.59. The Morgan fingerprint density at radius 3 is 2.73 bits per heavy atom. The molecule has 3 nitrogen and oxygen atoms in total. The highest BCUT2D eigenvalue weighted by atomic mass is 16.3. The van der Waals surface area contributed by atoms with E-state index in [4.69, 9.17) is 5.73 Å². The van der Waals surface area contributed by atoms with E-state index in [-0.39, 0.29) is 0 Å². The zero-order valence-electron chi connectivity index (χ0n) is 9.78. The zero-order valence-corrected chi connectivity index (χ0v) is 9.78. The maximum atomic E-state index is 9.98. The van der Waals surface area contributed by atoms with Crippen molar-refractivity contribution in [3.05, 3.63) is 0 Å². The van der Waals surface area contributed by atoms with Crippen LogP contribution in [-0.4, -0.2) is 41.3 Å². The van der Waals surface area contributed by atoms with Gasteiger partial charge in [0, 0.05) is 19.1 Å². The van der Waals surface area contributed by atoms with Gasteiger partial charge in [-0.2, -0.15) is 0 Å². The molecule has 0 spiro atoms. The minimum absolute atomic E-state index is 0.462. The predicted molar refractivity (Wildman–Crippen MR) is 61.6 cm³/mol. The summed E-state index contributed by atoms with van der Waals surface area (Å²) in [5.41, 5.74) is 5.38. The summed E-state index contributed by atoms with van der Waals surface area (Å²) in [5.74, 6) is 0.660. The van der Waals surface area contributed by atoms with Crippen LogP contribution in [0, 0.1) is 5.92 Å². The monoisotopic (exact) mass is 212 g/mol. The predicted octanol–water partition coefficient (Wildman–Crippen LogP) is 0.961. The van der Waals surface area contributed by atoms with Gasteiger partial charge in [0.15, 0.2) is 0 Å². The normalized spacial score (nSPS) is 43.4. The first-order valence-corrected chi connectivity index (χ1v) is 6.29. The number of likely N-dealkylation sites (tertiary alicyclic amines) is 1. The van der Waals surface area contributed by atoms with Crippen molar-refractivity contribution in [1.82, 2.24) is 4.90 Å². The third-order valence-electron chi connectivity index (χ3n) is 4.12. The van der Waals surface area contributed by atoms with Gasteiger partial charge < -0.3 is 10.8 Å². The van der Waals surface area contributed by atoms with Gasteiger partial charge in [0.2, 0.25) is 0 Å². The van der Waals surface area contributed by atoms with Gasteiger partial charge in [-0.15, -0.1) is 0 Å². The molecule has 1 saturated carbocycles. The molecule has 2 fully saturated rings. The van der Waals surface area contributed by atoms with Crippen molar-refractivity contribution in [2.45, 2.75) is 50.7 Å². The quantitative estimate of drug-likeness (QED) is 0.717. The molecule has 88 valence electrons. The van der Waals surface area contributed by atoms with Crippen LogP contribution in [-0.2, 0) is 0 Å². The molecule has 1 saturated heterocycles. The third kappa shape index (κ3) is 2.52. The Bertz CT molecular complexity index is 218. The molecule has 0 bridgehead atoms.